The third-order valence-electron chi connectivity index (χ3n) is 5.41. The normalized spacial score (nSPS) is 16.9. The maximum absolute atomic E-state index is 13.3. The number of ether oxygens (including phenoxy) is 1. The van der Waals surface area contributed by atoms with Gasteiger partial charge in [-0.05, 0) is 56.7 Å². The summed E-state index contributed by atoms with van der Waals surface area (Å²) >= 11 is 0. The van der Waals surface area contributed by atoms with Gasteiger partial charge in [0.15, 0.2) is 0 Å². The number of nitrogens with zero attached hydrogens (tertiary/aromatic N) is 2. The fourth-order valence-corrected chi connectivity index (χ4v) is 3.62. The van der Waals surface area contributed by atoms with Crippen molar-refractivity contribution in [2.24, 2.45) is 0 Å². The number of rotatable bonds is 6. The first-order valence-electron chi connectivity index (χ1n) is 10.3. The summed E-state index contributed by atoms with van der Waals surface area (Å²) in [5.74, 6) is -1.22. The molecule has 7 nitrogen and oxygen atoms in total. The number of imide groups is 1. The summed E-state index contributed by atoms with van der Waals surface area (Å²) in [4.78, 5) is 53.0. The van der Waals surface area contributed by atoms with E-state index in [2.05, 4.69) is 0 Å². The van der Waals surface area contributed by atoms with Crippen LogP contribution < -0.4 is 9.64 Å². The Labute approximate surface area is 181 Å². The SMILES string of the molecule is CCC(C)N(C(=O)c1ccc(C)cc1)C1CC(=O)N(c2ccc(OC(C)=O)cc2)C1=O. The van der Waals surface area contributed by atoms with Crippen LogP contribution in [0.1, 0.15) is 49.5 Å². The van der Waals surface area contributed by atoms with Gasteiger partial charge in [0.1, 0.15) is 11.8 Å². The van der Waals surface area contributed by atoms with Crippen molar-refractivity contribution in [2.45, 2.75) is 52.6 Å². The molecular weight excluding hydrogens is 396 g/mol. The Morgan fingerprint density at radius 3 is 2.26 bits per heavy atom. The molecule has 0 radical (unpaired) electrons. The van der Waals surface area contributed by atoms with Gasteiger partial charge < -0.3 is 9.64 Å². The van der Waals surface area contributed by atoms with Crippen LogP contribution in [0.2, 0.25) is 0 Å². The van der Waals surface area contributed by atoms with Gasteiger partial charge in [-0.3, -0.25) is 19.2 Å². The standard InChI is InChI=1S/C24H26N2O5/c1-5-16(3)25(23(29)18-8-6-15(2)7-9-18)21-14-22(28)26(24(21)30)19-10-12-20(13-11-19)31-17(4)27/h6-13,16,21H,5,14H2,1-4H3. The zero-order valence-electron chi connectivity index (χ0n) is 18.1. The minimum absolute atomic E-state index is 0.0769. The predicted octanol–water partition coefficient (Wildman–Crippen LogP) is 3.49. The van der Waals surface area contributed by atoms with Crippen molar-refractivity contribution >= 4 is 29.4 Å². The third-order valence-corrected chi connectivity index (χ3v) is 5.41. The first-order chi connectivity index (χ1) is 14.7. The van der Waals surface area contributed by atoms with Gasteiger partial charge in [-0.2, -0.15) is 0 Å². The highest BCUT2D eigenvalue weighted by atomic mass is 16.5. The number of carbonyl (C=O) groups is 4. The summed E-state index contributed by atoms with van der Waals surface area (Å²) in [6.45, 7) is 7.04. The summed E-state index contributed by atoms with van der Waals surface area (Å²) in [5.41, 5.74) is 1.89. The Kier molecular flexibility index (Phi) is 6.53. The van der Waals surface area contributed by atoms with Gasteiger partial charge in [-0.1, -0.05) is 24.6 Å². The van der Waals surface area contributed by atoms with E-state index in [1.165, 1.54) is 24.0 Å². The lowest BCUT2D eigenvalue weighted by Crippen LogP contribution is -2.49. The van der Waals surface area contributed by atoms with Crippen molar-refractivity contribution in [2.75, 3.05) is 4.90 Å². The van der Waals surface area contributed by atoms with Crippen LogP contribution in [0, 0.1) is 6.92 Å². The van der Waals surface area contributed by atoms with Crippen LogP contribution in [0.4, 0.5) is 5.69 Å². The van der Waals surface area contributed by atoms with E-state index >= 15 is 0 Å². The van der Waals surface area contributed by atoms with E-state index in [1.54, 1.807) is 24.3 Å². The van der Waals surface area contributed by atoms with Crippen LogP contribution in [0.15, 0.2) is 48.5 Å². The monoisotopic (exact) mass is 422 g/mol. The van der Waals surface area contributed by atoms with Gasteiger partial charge in [-0.25, -0.2) is 4.90 Å². The fourth-order valence-electron chi connectivity index (χ4n) is 3.62. The average molecular weight is 422 g/mol. The smallest absolute Gasteiger partial charge is 0.308 e. The van der Waals surface area contributed by atoms with Crippen LogP contribution in [0.5, 0.6) is 5.75 Å². The number of benzene rings is 2. The van der Waals surface area contributed by atoms with Crippen molar-refractivity contribution < 1.29 is 23.9 Å². The molecule has 2 unspecified atom stereocenters. The quantitative estimate of drug-likeness (QED) is 0.404. The van der Waals surface area contributed by atoms with Gasteiger partial charge in [0.05, 0.1) is 12.1 Å². The summed E-state index contributed by atoms with van der Waals surface area (Å²) in [5, 5.41) is 0. The molecule has 2 atom stereocenters. The highest BCUT2D eigenvalue weighted by Crippen LogP contribution is 2.29. The molecule has 1 saturated heterocycles. The number of anilines is 1. The van der Waals surface area contributed by atoms with Crippen molar-refractivity contribution in [1.82, 2.24) is 4.90 Å². The Morgan fingerprint density at radius 2 is 1.71 bits per heavy atom. The van der Waals surface area contributed by atoms with E-state index in [9.17, 15) is 19.2 Å². The molecular formula is C24H26N2O5. The molecule has 1 fully saturated rings. The lowest BCUT2D eigenvalue weighted by atomic mass is 10.1. The molecule has 2 aromatic rings. The second kappa shape index (κ2) is 9.12. The minimum Gasteiger partial charge on any atom is -0.427 e. The largest absolute Gasteiger partial charge is 0.427 e. The lowest BCUT2D eigenvalue weighted by molar-refractivity contribution is -0.132. The van der Waals surface area contributed by atoms with Gasteiger partial charge in [0, 0.05) is 18.5 Å². The van der Waals surface area contributed by atoms with Gasteiger partial charge in [0.25, 0.3) is 11.8 Å². The molecule has 1 aliphatic rings. The van der Waals surface area contributed by atoms with Crippen molar-refractivity contribution in [3.8, 4) is 5.75 Å². The minimum atomic E-state index is -0.871. The number of carbonyl (C=O) groups excluding carboxylic acids is 4. The molecule has 2 aromatic carbocycles. The summed E-state index contributed by atoms with van der Waals surface area (Å²) in [6, 6.07) is 12.2. The Hall–Kier alpha value is -3.48. The molecule has 0 N–H and O–H groups in total. The van der Waals surface area contributed by atoms with Crippen molar-refractivity contribution in [1.29, 1.82) is 0 Å². The first-order valence-corrected chi connectivity index (χ1v) is 10.3. The maximum Gasteiger partial charge on any atom is 0.308 e. The summed E-state index contributed by atoms with van der Waals surface area (Å²) in [7, 11) is 0. The lowest BCUT2D eigenvalue weighted by Gasteiger charge is -2.33. The second-order valence-corrected chi connectivity index (χ2v) is 7.71. The van der Waals surface area contributed by atoms with Crippen molar-refractivity contribution in [3.05, 3.63) is 59.7 Å². The van der Waals surface area contributed by atoms with Crippen LogP contribution in [-0.2, 0) is 14.4 Å². The highest BCUT2D eigenvalue weighted by molar-refractivity contribution is 6.23. The fraction of sp³-hybridized carbons (Fsp3) is 0.333. The van der Waals surface area contributed by atoms with E-state index in [0.717, 1.165) is 10.5 Å². The molecule has 3 amide bonds. The van der Waals surface area contributed by atoms with Crippen LogP contribution in [0.25, 0.3) is 0 Å². The molecule has 162 valence electrons. The molecule has 1 aliphatic heterocycles. The average Bonchev–Trinajstić information content (AvgIpc) is 3.02. The summed E-state index contributed by atoms with van der Waals surface area (Å²) < 4.78 is 5.00. The Balaban J connectivity index is 1.89. The number of esters is 1. The second-order valence-electron chi connectivity index (χ2n) is 7.71. The molecule has 7 heteroatoms. The molecule has 0 aliphatic carbocycles. The van der Waals surface area contributed by atoms with E-state index < -0.39 is 17.9 Å². The van der Waals surface area contributed by atoms with E-state index in [1.807, 2.05) is 32.9 Å². The van der Waals surface area contributed by atoms with Crippen molar-refractivity contribution in [3.63, 3.8) is 0 Å². The number of hydrogen-bond donors (Lipinski definition) is 0. The zero-order chi connectivity index (χ0) is 22.7. The number of hydrogen-bond acceptors (Lipinski definition) is 5. The zero-order valence-corrected chi connectivity index (χ0v) is 18.1. The van der Waals surface area contributed by atoms with E-state index in [-0.39, 0.29) is 24.3 Å². The molecule has 31 heavy (non-hydrogen) atoms. The van der Waals surface area contributed by atoms with E-state index in [4.69, 9.17) is 4.74 Å². The van der Waals surface area contributed by atoms with E-state index in [0.29, 0.717) is 23.4 Å². The molecule has 0 saturated carbocycles. The molecule has 1 heterocycles. The molecule has 0 aromatic heterocycles. The van der Waals surface area contributed by atoms with Crippen LogP contribution in [0.3, 0.4) is 0 Å². The number of amides is 3. The maximum atomic E-state index is 13.3. The van der Waals surface area contributed by atoms with Crippen LogP contribution in [-0.4, -0.2) is 40.7 Å². The van der Waals surface area contributed by atoms with Gasteiger partial charge >= 0.3 is 5.97 Å². The number of aryl methyl sites for hydroxylation is 1. The van der Waals surface area contributed by atoms with Gasteiger partial charge in [0.2, 0.25) is 5.91 Å². The Morgan fingerprint density at radius 1 is 1.10 bits per heavy atom. The first kappa shape index (κ1) is 22.2. The molecule has 3 rings (SSSR count). The van der Waals surface area contributed by atoms with Gasteiger partial charge in [-0.15, -0.1) is 0 Å². The third kappa shape index (κ3) is 4.66. The Bertz CT molecular complexity index is 998. The summed E-state index contributed by atoms with van der Waals surface area (Å²) in [6.07, 6.45) is 0.569. The molecule has 0 bridgehead atoms. The predicted molar refractivity (Wildman–Crippen MR) is 116 cm³/mol. The topological polar surface area (TPSA) is 84.0 Å². The van der Waals surface area contributed by atoms with Crippen LogP contribution >= 0.6 is 0 Å². The molecule has 0 spiro atoms. The highest BCUT2D eigenvalue weighted by Gasteiger charge is 2.45.